The fraction of sp³-hybridized carbons (Fsp3) is 0.800. The molecule has 0 aromatic rings. The molecule has 0 aromatic heterocycles. The zero-order valence-electron chi connectivity index (χ0n) is 13.0. The first-order chi connectivity index (χ1) is 8.60. The predicted octanol–water partition coefficient (Wildman–Crippen LogP) is 3.97. The number of hydroxylamine groups is 1. The predicted molar refractivity (Wildman–Crippen MR) is 75.6 cm³/mol. The van der Waals surface area contributed by atoms with Gasteiger partial charge in [0.2, 0.25) is 0 Å². The number of carbonyl (C=O) groups is 1. The van der Waals surface area contributed by atoms with Crippen LogP contribution >= 0.6 is 0 Å². The lowest BCUT2D eigenvalue weighted by molar-refractivity contribution is -0.117. The van der Waals surface area contributed by atoms with Crippen molar-refractivity contribution in [2.24, 2.45) is 5.92 Å². The van der Waals surface area contributed by atoms with Crippen LogP contribution in [-0.4, -0.2) is 17.3 Å². The molecule has 1 N–H and O–H groups in total. The van der Waals surface area contributed by atoms with E-state index >= 15 is 0 Å². The van der Waals surface area contributed by atoms with Gasteiger partial charge >= 0.3 is 6.09 Å². The number of hydrogen-bond donors (Lipinski definition) is 1. The number of ether oxygens (including phenoxy) is 1. The molecule has 0 saturated carbocycles. The summed E-state index contributed by atoms with van der Waals surface area (Å²) in [5.41, 5.74) is 2.94. The molecule has 110 valence electrons. The number of rotatable bonds is 3. The van der Waals surface area contributed by atoms with Crippen LogP contribution in [-0.2, 0) is 9.57 Å². The van der Waals surface area contributed by atoms with E-state index in [0.29, 0.717) is 5.92 Å². The van der Waals surface area contributed by atoms with Gasteiger partial charge in [0.25, 0.3) is 0 Å². The summed E-state index contributed by atoms with van der Waals surface area (Å²) in [7, 11) is 0. The Hall–Kier alpha value is -1.03. The van der Waals surface area contributed by atoms with Crippen molar-refractivity contribution >= 4 is 6.09 Å². The van der Waals surface area contributed by atoms with E-state index in [1.165, 1.54) is 5.57 Å². The van der Waals surface area contributed by atoms with Crippen molar-refractivity contribution in [1.29, 1.82) is 0 Å². The number of carbonyl (C=O) groups excluding carboxylic acids is 1. The minimum absolute atomic E-state index is 0.395. The Balaban J connectivity index is 2.45. The van der Waals surface area contributed by atoms with Crippen LogP contribution in [0, 0.1) is 5.92 Å². The van der Waals surface area contributed by atoms with Crippen LogP contribution in [0.5, 0.6) is 0 Å². The van der Waals surface area contributed by atoms with Gasteiger partial charge in [-0.15, -0.1) is 0 Å². The summed E-state index contributed by atoms with van der Waals surface area (Å²) in [5.74, 6) is 0.408. The summed E-state index contributed by atoms with van der Waals surface area (Å²) < 4.78 is 5.15. The average Bonchev–Trinajstić information content (AvgIpc) is 2.25. The summed E-state index contributed by atoms with van der Waals surface area (Å²) in [6.45, 7) is 11.6. The van der Waals surface area contributed by atoms with Gasteiger partial charge < -0.3 is 4.74 Å². The largest absolute Gasteiger partial charge is 0.442 e. The molecule has 1 amide bonds. The van der Waals surface area contributed by atoms with Gasteiger partial charge in [-0.3, -0.25) is 4.84 Å². The topological polar surface area (TPSA) is 47.6 Å². The summed E-state index contributed by atoms with van der Waals surface area (Å²) in [5, 5.41) is 0. The van der Waals surface area contributed by atoms with Crippen molar-refractivity contribution in [2.45, 2.75) is 72.0 Å². The molecular weight excluding hydrogens is 242 g/mol. The minimum Gasteiger partial charge on any atom is -0.442 e. The molecule has 0 unspecified atom stereocenters. The van der Waals surface area contributed by atoms with Crippen LogP contribution in [0.4, 0.5) is 4.79 Å². The Labute approximate surface area is 116 Å². The number of amides is 1. The van der Waals surface area contributed by atoms with Crippen LogP contribution in [0.1, 0.15) is 60.8 Å². The van der Waals surface area contributed by atoms with E-state index in [9.17, 15) is 4.79 Å². The molecule has 0 heterocycles. The van der Waals surface area contributed by atoms with Crippen LogP contribution in [0.2, 0.25) is 0 Å². The fourth-order valence-corrected chi connectivity index (χ4v) is 2.15. The maximum absolute atomic E-state index is 11.6. The van der Waals surface area contributed by atoms with Gasteiger partial charge in [-0.05, 0) is 66.7 Å². The molecule has 4 heteroatoms. The average molecular weight is 269 g/mol. The summed E-state index contributed by atoms with van der Waals surface area (Å²) in [6.07, 6.45) is 4.90. The van der Waals surface area contributed by atoms with Crippen LogP contribution in [0.15, 0.2) is 11.6 Å². The van der Waals surface area contributed by atoms with Gasteiger partial charge in [0.1, 0.15) is 5.60 Å². The van der Waals surface area contributed by atoms with E-state index in [0.717, 1.165) is 19.3 Å². The molecule has 0 saturated heterocycles. The molecule has 0 radical (unpaired) electrons. The lowest BCUT2D eigenvalue weighted by atomic mass is 9.80. The monoisotopic (exact) mass is 269 g/mol. The van der Waals surface area contributed by atoms with Gasteiger partial charge in [-0.1, -0.05) is 11.6 Å². The van der Waals surface area contributed by atoms with Gasteiger partial charge in [0, 0.05) is 0 Å². The van der Waals surface area contributed by atoms with Crippen molar-refractivity contribution in [3.05, 3.63) is 11.6 Å². The molecule has 1 atom stereocenters. The van der Waals surface area contributed by atoms with E-state index in [1.807, 2.05) is 34.6 Å². The van der Waals surface area contributed by atoms with Crippen molar-refractivity contribution in [3.63, 3.8) is 0 Å². The number of hydrogen-bond acceptors (Lipinski definition) is 3. The molecule has 0 aromatic carbocycles. The van der Waals surface area contributed by atoms with Crippen molar-refractivity contribution in [2.75, 3.05) is 0 Å². The van der Waals surface area contributed by atoms with Gasteiger partial charge in [0.15, 0.2) is 0 Å². The highest BCUT2D eigenvalue weighted by Gasteiger charge is 2.32. The zero-order valence-corrected chi connectivity index (χ0v) is 13.0. The third kappa shape index (κ3) is 5.64. The normalized spacial score (nSPS) is 20.7. The molecule has 0 spiro atoms. The molecule has 0 aliphatic heterocycles. The molecule has 1 rings (SSSR count). The molecule has 19 heavy (non-hydrogen) atoms. The SMILES string of the molecule is CC1=CC[C@@H](C(C)(C)ONC(=O)OC(C)(C)C)CC1. The van der Waals surface area contributed by atoms with Gasteiger partial charge in [0.05, 0.1) is 5.60 Å². The zero-order chi connectivity index (χ0) is 14.7. The lowest BCUT2D eigenvalue weighted by Crippen LogP contribution is -2.43. The Bertz CT molecular complexity index is 353. The van der Waals surface area contributed by atoms with E-state index < -0.39 is 17.3 Å². The Morgan fingerprint density at radius 2 is 1.95 bits per heavy atom. The van der Waals surface area contributed by atoms with E-state index in [2.05, 4.69) is 18.5 Å². The maximum Gasteiger partial charge on any atom is 0.431 e. The maximum atomic E-state index is 11.6. The van der Waals surface area contributed by atoms with E-state index in [-0.39, 0.29) is 0 Å². The number of nitrogens with one attached hydrogen (secondary N) is 1. The third-order valence-electron chi connectivity index (χ3n) is 3.42. The summed E-state index contributed by atoms with van der Waals surface area (Å²) >= 11 is 0. The van der Waals surface area contributed by atoms with Gasteiger partial charge in [-0.2, -0.15) is 5.48 Å². The summed E-state index contributed by atoms with van der Waals surface area (Å²) in [6, 6.07) is 0. The molecular formula is C15H27NO3. The molecule has 1 aliphatic carbocycles. The fourth-order valence-electron chi connectivity index (χ4n) is 2.15. The number of allylic oxidation sites excluding steroid dienone is 2. The first kappa shape index (κ1) is 16.0. The van der Waals surface area contributed by atoms with E-state index in [4.69, 9.17) is 9.57 Å². The first-order valence-corrected chi connectivity index (χ1v) is 6.93. The smallest absolute Gasteiger partial charge is 0.431 e. The highest BCUT2D eigenvalue weighted by atomic mass is 16.7. The third-order valence-corrected chi connectivity index (χ3v) is 3.42. The van der Waals surface area contributed by atoms with Gasteiger partial charge in [-0.25, -0.2) is 4.79 Å². The molecule has 0 bridgehead atoms. The first-order valence-electron chi connectivity index (χ1n) is 6.93. The Morgan fingerprint density at radius 1 is 1.32 bits per heavy atom. The highest BCUT2D eigenvalue weighted by molar-refractivity contribution is 5.66. The minimum atomic E-state index is -0.539. The van der Waals surface area contributed by atoms with Crippen molar-refractivity contribution in [3.8, 4) is 0 Å². The van der Waals surface area contributed by atoms with Crippen LogP contribution in [0.25, 0.3) is 0 Å². The summed E-state index contributed by atoms with van der Waals surface area (Å²) in [4.78, 5) is 17.1. The van der Waals surface area contributed by atoms with Crippen molar-refractivity contribution < 1.29 is 14.4 Å². The Morgan fingerprint density at radius 3 is 2.42 bits per heavy atom. The molecule has 4 nitrogen and oxygen atoms in total. The second-order valence-electron chi connectivity index (χ2n) is 6.83. The van der Waals surface area contributed by atoms with E-state index in [1.54, 1.807) is 0 Å². The second kappa shape index (κ2) is 5.95. The second-order valence-corrected chi connectivity index (χ2v) is 6.83. The van der Waals surface area contributed by atoms with Crippen molar-refractivity contribution in [1.82, 2.24) is 5.48 Å². The van der Waals surface area contributed by atoms with Crippen LogP contribution < -0.4 is 5.48 Å². The molecule has 1 aliphatic rings. The standard InChI is InChI=1S/C15H27NO3/c1-11-7-9-12(10-8-11)15(5,6)19-16-13(17)18-14(2,3)4/h7,12H,8-10H2,1-6H3,(H,16,17)/t12-/m1/s1. The highest BCUT2D eigenvalue weighted by Crippen LogP contribution is 2.33. The lowest BCUT2D eigenvalue weighted by Gasteiger charge is -2.35. The quantitative estimate of drug-likeness (QED) is 0.623. The Kier molecular flexibility index (Phi) is 5.02. The molecule has 0 fully saturated rings. The van der Waals surface area contributed by atoms with Crippen LogP contribution in [0.3, 0.4) is 0 Å².